The van der Waals surface area contributed by atoms with Crippen molar-refractivity contribution in [2.75, 3.05) is 13.2 Å². The average Bonchev–Trinajstić information content (AvgIpc) is 2.03. The minimum absolute atomic E-state index is 0.00704. The van der Waals surface area contributed by atoms with Gasteiger partial charge in [-0.25, -0.2) is 0 Å². The number of aromatic hydroxyl groups is 2. The van der Waals surface area contributed by atoms with Crippen molar-refractivity contribution in [1.29, 1.82) is 0 Å². The van der Waals surface area contributed by atoms with E-state index in [1.807, 2.05) is 0 Å². The first-order chi connectivity index (χ1) is 5.74. The lowest BCUT2D eigenvalue weighted by Crippen LogP contribution is -2.10. The van der Waals surface area contributed by atoms with E-state index in [9.17, 15) is 5.11 Å². The Kier molecular flexibility index (Phi) is 2.76. The molecule has 0 aliphatic heterocycles. The van der Waals surface area contributed by atoms with Crippen molar-refractivity contribution in [2.24, 2.45) is 5.73 Å². The van der Waals surface area contributed by atoms with Gasteiger partial charge in [-0.15, -0.1) is 0 Å². The van der Waals surface area contributed by atoms with Crippen molar-refractivity contribution in [3.05, 3.63) is 18.2 Å². The third kappa shape index (κ3) is 2.03. The summed E-state index contributed by atoms with van der Waals surface area (Å²) < 4.78 is 5.05. The van der Waals surface area contributed by atoms with E-state index in [0.29, 0.717) is 18.9 Å². The van der Waals surface area contributed by atoms with Crippen molar-refractivity contribution in [2.45, 2.75) is 0 Å². The molecular weight excluding hydrogens is 158 g/mol. The van der Waals surface area contributed by atoms with Crippen LogP contribution in [0, 0.1) is 0 Å². The second-order valence-corrected chi connectivity index (χ2v) is 2.29. The molecule has 0 unspecified atom stereocenters. The molecule has 0 atom stereocenters. The fourth-order valence-corrected chi connectivity index (χ4v) is 0.797. The number of phenolic OH excluding ortho intramolecular Hbond substituents is 2. The Balaban J connectivity index is 2.72. The molecule has 0 aliphatic rings. The highest BCUT2D eigenvalue weighted by Gasteiger charge is 2.01. The summed E-state index contributed by atoms with van der Waals surface area (Å²) in [5.74, 6) is 0.259. The van der Waals surface area contributed by atoms with Crippen LogP contribution in [0.25, 0.3) is 0 Å². The average molecular weight is 169 g/mol. The van der Waals surface area contributed by atoms with E-state index in [0.717, 1.165) is 0 Å². The molecule has 0 radical (unpaired) electrons. The second kappa shape index (κ2) is 3.82. The molecule has 0 aliphatic carbocycles. The molecule has 0 bridgehead atoms. The Morgan fingerprint density at radius 1 is 1.33 bits per heavy atom. The fourth-order valence-electron chi connectivity index (χ4n) is 0.797. The highest BCUT2D eigenvalue weighted by molar-refractivity contribution is 5.43. The summed E-state index contributed by atoms with van der Waals surface area (Å²) in [6.07, 6.45) is 0. The van der Waals surface area contributed by atoms with Gasteiger partial charge in [0.2, 0.25) is 0 Å². The molecule has 0 saturated heterocycles. The van der Waals surface area contributed by atoms with Crippen LogP contribution < -0.4 is 10.5 Å². The van der Waals surface area contributed by atoms with Crippen molar-refractivity contribution < 1.29 is 14.9 Å². The van der Waals surface area contributed by atoms with Gasteiger partial charge in [0.05, 0.1) is 0 Å². The number of phenols is 2. The number of hydrogen-bond acceptors (Lipinski definition) is 4. The van der Waals surface area contributed by atoms with Gasteiger partial charge in [-0.1, -0.05) is 0 Å². The van der Waals surface area contributed by atoms with Crippen LogP contribution in [0.1, 0.15) is 0 Å². The molecule has 0 amide bonds. The fraction of sp³-hybridized carbons (Fsp3) is 0.250. The van der Waals surface area contributed by atoms with Crippen LogP contribution in [0.4, 0.5) is 0 Å². The van der Waals surface area contributed by atoms with E-state index in [2.05, 4.69) is 0 Å². The van der Waals surface area contributed by atoms with Gasteiger partial charge in [0.25, 0.3) is 0 Å². The highest BCUT2D eigenvalue weighted by atomic mass is 16.5. The molecule has 4 nitrogen and oxygen atoms in total. The van der Waals surface area contributed by atoms with Gasteiger partial charge in [-0.2, -0.15) is 0 Å². The summed E-state index contributed by atoms with van der Waals surface area (Å²) in [6.45, 7) is 0.735. The molecule has 12 heavy (non-hydrogen) atoms. The molecule has 1 aromatic carbocycles. The molecule has 4 heteroatoms. The van der Waals surface area contributed by atoms with Gasteiger partial charge in [0, 0.05) is 12.6 Å². The molecule has 0 aromatic heterocycles. The minimum atomic E-state index is -0.0801. The Labute approximate surface area is 70.2 Å². The van der Waals surface area contributed by atoms with Crippen LogP contribution in [0.3, 0.4) is 0 Å². The van der Waals surface area contributed by atoms with Crippen molar-refractivity contribution in [3.8, 4) is 17.2 Å². The zero-order chi connectivity index (χ0) is 8.97. The van der Waals surface area contributed by atoms with Crippen LogP contribution in [-0.4, -0.2) is 23.4 Å². The summed E-state index contributed by atoms with van der Waals surface area (Å²) in [5.41, 5.74) is 5.20. The molecule has 0 fully saturated rings. The maximum absolute atomic E-state index is 9.19. The molecule has 0 heterocycles. The molecule has 1 rings (SSSR count). The maximum atomic E-state index is 9.19. The molecular formula is C8H11NO3. The van der Waals surface area contributed by atoms with Gasteiger partial charge in [-0.05, 0) is 12.1 Å². The van der Waals surface area contributed by atoms with E-state index in [4.69, 9.17) is 15.6 Å². The van der Waals surface area contributed by atoms with Crippen LogP contribution in [0.2, 0.25) is 0 Å². The van der Waals surface area contributed by atoms with Crippen LogP contribution in [0.5, 0.6) is 17.2 Å². The second-order valence-electron chi connectivity index (χ2n) is 2.29. The Hall–Kier alpha value is -1.42. The Bertz CT molecular complexity index is 262. The highest BCUT2D eigenvalue weighted by Crippen LogP contribution is 2.29. The topological polar surface area (TPSA) is 75.7 Å². The third-order valence-electron chi connectivity index (χ3n) is 1.32. The van der Waals surface area contributed by atoms with E-state index in [1.54, 1.807) is 0 Å². The standard InChI is InChI=1S/C8H11NO3/c9-3-4-12-8-2-1-6(10)5-7(8)11/h1-2,5,10-11H,3-4,9H2. The van der Waals surface area contributed by atoms with E-state index < -0.39 is 0 Å². The Morgan fingerprint density at radius 2 is 2.08 bits per heavy atom. The first-order valence-corrected chi connectivity index (χ1v) is 3.59. The predicted molar refractivity (Wildman–Crippen MR) is 44.3 cm³/mol. The lowest BCUT2D eigenvalue weighted by molar-refractivity contribution is 0.307. The van der Waals surface area contributed by atoms with Gasteiger partial charge < -0.3 is 20.7 Å². The van der Waals surface area contributed by atoms with Gasteiger partial charge in [0.1, 0.15) is 12.4 Å². The normalized spacial score (nSPS) is 9.75. The minimum Gasteiger partial charge on any atom is -0.508 e. The number of benzene rings is 1. The summed E-state index contributed by atoms with van der Waals surface area (Å²) in [6, 6.07) is 4.14. The number of rotatable bonds is 3. The Morgan fingerprint density at radius 3 is 2.67 bits per heavy atom. The van der Waals surface area contributed by atoms with Crippen LogP contribution >= 0.6 is 0 Å². The van der Waals surface area contributed by atoms with Crippen LogP contribution in [-0.2, 0) is 0 Å². The number of ether oxygens (including phenoxy) is 1. The first kappa shape index (κ1) is 8.67. The zero-order valence-electron chi connectivity index (χ0n) is 6.53. The van der Waals surface area contributed by atoms with Gasteiger partial charge in [-0.3, -0.25) is 0 Å². The molecule has 1 aromatic rings. The molecule has 0 saturated carbocycles. The van der Waals surface area contributed by atoms with Gasteiger partial charge >= 0.3 is 0 Å². The molecule has 4 N–H and O–H groups in total. The largest absolute Gasteiger partial charge is 0.508 e. The van der Waals surface area contributed by atoms with Crippen molar-refractivity contribution in [1.82, 2.24) is 0 Å². The smallest absolute Gasteiger partial charge is 0.161 e. The molecule has 66 valence electrons. The summed E-state index contributed by atoms with van der Waals surface area (Å²) in [5, 5.41) is 18.1. The third-order valence-corrected chi connectivity index (χ3v) is 1.32. The summed E-state index contributed by atoms with van der Waals surface area (Å²) in [7, 11) is 0. The summed E-state index contributed by atoms with van der Waals surface area (Å²) >= 11 is 0. The van der Waals surface area contributed by atoms with Gasteiger partial charge in [0.15, 0.2) is 11.5 Å². The van der Waals surface area contributed by atoms with Crippen molar-refractivity contribution >= 4 is 0 Å². The quantitative estimate of drug-likeness (QED) is 0.613. The van der Waals surface area contributed by atoms with E-state index in [1.165, 1.54) is 18.2 Å². The number of hydrogen-bond donors (Lipinski definition) is 3. The predicted octanol–water partition coefficient (Wildman–Crippen LogP) is 0.435. The lowest BCUT2D eigenvalue weighted by Gasteiger charge is -2.05. The maximum Gasteiger partial charge on any atom is 0.161 e. The van der Waals surface area contributed by atoms with E-state index >= 15 is 0 Å². The first-order valence-electron chi connectivity index (χ1n) is 3.59. The zero-order valence-corrected chi connectivity index (χ0v) is 6.53. The van der Waals surface area contributed by atoms with E-state index in [-0.39, 0.29) is 11.5 Å². The van der Waals surface area contributed by atoms with Crippen LogP contribution in [0.15, 0.2) is 18.2 Å². The summed E-state index contributed by atoms with van der Waals surface area (Å²) in [4.78, 5) is 0. The monoisotopic (exact) mass is 169 g/mol. The van der Waals surface area contributed by atoms with Crippen molar-refractivity contribution in [3.63, 3.8) is 0 Å². The molecule has 0 spiro atoms. The SMILES string of the molecule is NCCOc1ccc(O)cc1O. The number of nitrogens with two attached hydrogens (primary N) is 1. The lowest BCUT2D eigenvalue weighted by atomic mass is 10.3.